The molecule has 3 nitrogen and oxygen atoms in total. The Kier molecular flexibility index (Phi) is 1.32. The van der Waals surface area contributed by atoms with E-state index < -0.39 is 0 Å². The van der Waals surface area contributed by atoms with Crippen LogP contribution in [-0.4, -0.2) is 23.1 Å². The van der Waals surface area contributed by atoms with E-state index in [0.29, 0.717) is 0 Å². The highest BCUT2D eigenvalue weighted by molar-refractivity contribution is 9.12. The zero-order valence-electron chi connectivity index (χ0n) is 4.43. The minimum absolute atomic E-state index is 0.266. The van der Waals surface area contributed by atoms with Crippen molar-refractivity contribution < 1.29 is 14.2 Å². The van der Waals surface area contributed by atoms with Gasteiger partial charge in [0.15, 0.2) is 0 Å². The van der Waals surface area contributed by atoms with Gasteiger partial charge in [-0.3, -0.25) is 0 Å². The average molecular weight is 189 g/mol. The molecule has 0 spiro atoms. The number of imide groups is 1. The van der Waals surface area contributed by atoms with Crippen molar-refractivity contribution in [1.29, 1.82) is 0 Å². The number of rotatable bonds is 0. The van der Waals surface area contributed by atoms with Gasteiger partial charge in [-0.25, -0.2) is 9.59 Å². The third-order valence-electron chi connectivity index (χ3n) is 0.966. The van der Waals surface area contributed by atoms with Gasteiger partial charge in [0.2, 0.25) is 0 Å². The second kappa shape index (κ2) is 1.88. The summed E-state index contributed by atoms with van der Waals surface area (Å²) in [4.78, 5) is 21.2. The van der Waals surface area contributed by atoms with Crippen LogP contribution in [0.15, 0.2) is 10.6 Å². The zero-order valence-corrected chi connectivity index (χ0v) is 6.01. The largest absolute Gasteiger partial charge is 0.434 e. The first-order chi connectivity index (χ1) is 4.13. The van der Waals surface area contributed by atoms with Gasteiger partial charge >= 0.3 is 11.8 Å². The summed E-state index contributed by atoms with van der Waals surface area (Å²) in [6.07, 6.45) is 1.19. The van der Waals surface area contributed by atoms with Crippen LogP contribution in [0.5, 0.6) is 0 Å². The van der Waals surface area contributed by atoms with Crippen molar-refractivity contribution in [1.82, 2.24) is 0 Å². The van der Waals surface area contributed by atoms with Gasteiger partial charge in [-0.05, 0) is 15.9 Å². The molecule has 2 amide bonds. The van der Waals surface area contributed by atoms with Gasteiger partial charge < -0.3 is 0 Å². The van der Waals surface area contributed by atoms with E-state index >= 15 is 0 Å². The maximum atomic E-state index is 10.6. The number of hydrogen-bond acceptors (Lipinski definition) is 2. The van der Waals surface area contributed by atoms with E-state index in [1.807, 2.05) is 0 Å². The van der Waals surface area contributed by atoms with Crippen LogP contribution in [0.3, 0.4) is 0 Å². The molecule has 0 radical (unpaired) electrons. The highest BCUT2D eigenvalue weighted by Crippen LogP contribution is 2.12. The minimum Gasteiger partial charge on any atom is -0.214 e. The fourth-order valence-electron chi connectivity index (χ4n) is 0.477. The number of amides is 2. The van der Waals surface area contributed by atoms with Gasteiger partial charge in [0.05, 0.1) is 6.08 Å². The summed E-state index contributed by atoms with van der Waals surface area (Å²) >= 11 is 2.89. The van der Waals surface area contributed by atoms with Crippen LogP contribution in [0.2, 0.25) is 0 Å². The molecule has 9 heavy (non-hydrogen) atoms. The SMILES string of the molecule is C=[N+]1C(=O)C=C(Br)C1=O. The van der Waals surface area contributed by atoms with Crippen molar-refractivity contribution in [3.63, 3.8) is 0 Å². The number of hydrogen-bond donors (Lipinski definition) is 0. The third kappa shape index (κ3) is 0.853. The Hall–Kier alpha value is -0.770. The second-order valence-corrected chi connectivity index (χ2v) is 2.42. The molecule has 0 N–H and O–H groups in total. The number of carbonyl (C=O) groups is 2. The van der Waals surface area contributed by atoms with Crippen molar-refractivity contribution in [2.75, 3.05) is 0 Å². The fourth-order valence-corrected chi connectivity index (χ4v) is 0.887. The van der Waals surface area contributed by atoms with E-state index in [2.05, 4.69) is 22.6 Å². The average Bonchev–Trinajstić information content (AvgIpc) is 1.98. The summed E-state index contributed by atoms with van der Waals surface area (Å²) < 4.78 is 1.06. The first kappa shape index (κ1) is 6.35. The second-order valence-electron chi connectivity index (χ2n) is 1.56. The molecule has 0 bridgehead atoms. The summed E-state index contributed by atoms with van der Waals surface area (Å²) in [7, 11) is 0. The molecule has 46 valence electrons. The highest BCUT2D eigenvalue weighted by atomic mass is 79.9. The Bertz CT molecular complexity index is 241. The standard InChI is InChI=1S/C5H3BrNO2/c1-7-4(8)2-3(6)5(7)9/h2H,1H2/q+1. The van der Waals surface area contributed by atoms with E-state index in [1.165, 1.54) is 6.08 Å². The number of carbonyl (C=O) groups excluding carboxylic acids is 2. The molecule has 4 heteroatoms. The van der Waals surface area contributed by atoms with Crippen molar-refractivity contribution in [3.8, 4) is 0 Å². The minimum atomic E-state index is -0.389. The molecule has 0 aromatic heterocycles. The predicted molar refractivity (Wildman–Crippen MR) is 34.4 cm³/mol. The van der Waals surface area contributed by atoms with E-state index in [-0.39, 0.29) is 16.3 Å². The van der Waals surface area contributed by atoms with E-state index in [9.17, 15) is 9.59 Å². The number of nitrogens with zero attached hydrogens (tertiary/aromatic N) is 1. The summed E-state index contributed by atoms with van der Waals surface area (Å²) in [5, 5.41) is 0. The zero-order chi connectivity index (χ0) is 7.02. The summed E-state index contributed by atoms with van der Waals surface area (Å²) in [6, 6.07) is 0. The normalized spacial score (nSPS) is 18.8. The Labute approximate surface area is 59.8 Å². The predicted octanol–water partition coefficient (Wildman–Crippen LogP) is 0.0451. The molecule has 1 heterocycles. The first-order valence-electron chi connectivity index (χ1n) is 2.19. The lowest BCUT2D eigenvalue weighted by Gasteiger charge is -1.77. The molecule has 0 saturated carbocycles. The van der Waals surface area contributed by atoms with Gasteiger partial charge in [0.25, 0.3) is 0 Å². The quantitative estimate of drug-likeness (QED) is 0.398. The fraction of sp³-hybridized carbons (Fsp3) is 0. The monoisotopic (exact) mass is 188 g/mol. The summed E-state index contributed by atoms with van der Waals surface area (Å²) in [5.41, 5.74) is 0. The van der Waals surface area contributed by atoms with Crippen LogP contribution < -0.4 is 0 Å². The Morgan fingerprint density at radius 1 is 1.56 bits per heavy atom. The molecule has 0 fully saturated rings. The Balaban J connectivity index is 3.09. The Morgan fingerprint density at radius 3 is 2.22 bits per heavy atom. The molecular formula is C5H3BrNO2+. The number of halogens is 1. The molecule has 1 aliphatic heterocycles. The van der Waals surface area contributed by atoms with Crippen molar-refractivity contribution in [3.05, 3.63) is 10.6 Å². The van der Waals surface area contributed by atoms with Crippen LogP contribution in [0.25, 0.3) is 0 Å². The van der Waals surface area contributed by atoms with E-state index in [4.69, 9.17) is 0 Å². The van der Waals surface area contributed by atoms with Crippen molar-refractivity contribution >= 4 is 34.5 Å². The highest BCUT2D eigenvalue weighted by Gasteiger charge is 2.33. The molecule has 0 aliphatic carbocycles. The maximum absolute atomic E-state index is 10.6. The summed E-state index contributed by atoms with van der Waals surface area (Å²) in [5.74, 6) is -0.771. The molecule has 0 saturated heterocycles. The molecule has 0 aromatic rings. The molecule has 1 rings (SSSR count). The molecular weight excluding hydrogens is 186 g/mol. The van der Waals surface area contributed by atoms with Gasteiger partial charge in [0, 0.05) is 0 Å². The lowest BCUT2D eigenvalue weighted by Crippen LogP contribution is -2.16. The molecule has 0 atom stereocenters. The smallest absolute Gasteiger partial charge is 0.214 e. The molecule has 0 unspecified atom stereocenters. The molecule has 1 aliphatic rings. The van der Waals surface area contributed by atoms with E-state index in [1.54, 1.807) is 0 Å². The van der Waals surface area contributed by atoms with Gasteiger partial charge in [0.1, 0.15) is 11.2 Å². The van der Waals surface area contributed by atoms with Crippen LogP contribution in [0.4, 0.5) is 0 Å². The third-order valence-corrected chi connectivity index (χ3v) is 1.53. The van der Waals surface area contributed by atoms with Crippen LogP contribution in [0.1, 0.15) is 0 Å². The van der Waals surface area contributed by atoms with Crippen LogP contribution in [-0.2, 0) is 9.59 Å². The lowest BCUT2D eigenvalue weighted by molar-refractivity contribution is -0.362. The first-order valence-corrected chi connectivity index (χ1v) is 2.98. The maximum Gasteiger partial charge on any atom is 0.434 e. The van der Waals surface area contributed by atoms with Gasteiger partial charge in [-0.2, -0.15) is 0 Å². The van der Waals surface area contributed by atoms with Gasteiger partial charge in [-0.1, -0.05) is 4.58 Å². The lowest BCUT2D eigenvalue weighted by atomic mass is 10.6. The van der Waals surface area contributed by atoms with Crippen LogP contribution >= 0.6 is 15.9 Å². The molecule has 0 aromatic carbocycles. The topological polar surface area (TPSA) is 37.1 Å². The summed E-state index contributed by atoms with van der Waals surface area (Å²) in [6.45, 7) is 3.20. The van der Waals surface area contributed by atoms with Crippen molar-refractivity contribution in [2.24, 2.45) is 0 Å². The van der Waals surface area contributed by atoms with Gasteiger partial charge in [-0.15, -0.1) is 0 Å². The Morgan fingerprint density at radius 2 is 2.11 bits per heavy atom. The van der Waals surface area contributed by atoms with Crippen molar-refractivity contribution in [2.45, 2.75) is 0 Å². The van der Waals surface area contributed by atoms with Crippen LogP contribution in [0, 0.1) is 0 Å². The van der Waals surface area contributed by atoms with E-state index in [0.717, 1.165) is 4.58 Å².